The van der Waals surface area contributed by atoms with Gasteiger partial charge in [-0.1, -0.05) is 32.9 Å². The van der Waals surface area contributed by atoms with Crippen molar-refractivity contribution in [3.63, 3.8) is 0 Å². The number of anilines is 1. The smallest absolute Gasteiger partial charge is 0.414 e. The summed E-state index contributed by atoms with van der Waals surface area (Å²) in [7, 11) is 0. The first-order valence-electron chi connectivity index (χ1n) is 7.65. The van der Waals surface area contributed by atoms with Gasteiger partial charge in [-0.15, -0.1) is 0 Å². The SMILES string of the molecule is CCOC(=O)N(CC(C)C)c1c(C)cccc1OC(=O)CC. The summed E-state index contributed by atoms with van der Waals surface area (Å²) >= 11 is 0. The normalized spacial score (nSPS) is 10.5. The van der Waals surface area contributed by atoms with Gasteiger partial charge in [0.2, 0.25) is 0 Å². The summed E-state index contributed by atoms with van der Waals surface area (Å²) in [6, 6.07) is 5.38. The van der Waals surface area contributed by atoms with Crippen molar-refractivity contribution in [2.75, 3.05) is 18.1 Å². The first kappa shape index (κ1) is 18.0. The summed E-state index contributed by atoms with van der Waals surface area (Å²) in [6.45, 7) is 10.2. The van der Waals surface area contributed by atoms with E-state index in [2.05, 4.69) is 0 Å². The van der Waals surface area contributed by atoms with E-state index in [0.717, 1.165) is 5.56 Å². The first-order valence-corrected chi connectivity index (χ1v) is 7.65. The molecule has 22 heavy (non-hydrogen) atoms. The molecule has 0 heterocycles. The summed E-state index contributed by atoms with van der Waals surface area (Å²) in [6.07, 6.45) is -0.156. The number of hydrogen-bond acceptors (Lipinski definition) is 4. The Balaban J connectivity index is 3.26. The van der Waals surface area contributed by atoms with Crippen LogP contribution in [0.4, 0.5) is 10.5 Å². The van der Waals surface area contributed by atoms with Crippen LogP contribution in [0.15, 0.2) is 18.2 Å². The number of ether oxygens (including phenoxy) is 2. The fourth-order valence-electron chi connectivity index (χ4n) is 2.08. The Morgan fingerprint density at radius 3 is 2.45 bits per heavy atom. The lowest BCUT2D eigenvalue weighted by atomic mass is 10.1. The van der Waals surface area contributed by atoms with Gasteiger partial charge in [0.05, 0.1) is 12.3 Å². The number of benzene rings is 1. The third-order valence-electron chi connectivity index (χ3n) is 3.02. The van der Waals surface area contributed by atoms with Crippen molar-refractivity contribution in [1.29, 1.82) is 0 Å². The van der Waals surface area contributed by atoms with Crippen LogP contribution in [0.5, 0.6) is 5.75 Å². The Morgan fingerprint density at radius 1 is 1.23 bits per heavy atom. The maximum Gasteiger partial charge on any atom is 0.414 e. The molecule has 0 saturated carbocycles. The van der Waals surface area contributed by atoms with Crippen molar-refractivity contribution >= 4 is 17.7 Å². The molecule has 0 spiro atoms. The van der Waals surface area contributed by atoms with Crippen LogP contribution in [0.2, 0.25) is 0 Å². The van der Waals surface area contributed by atoms with E-state index in [0.29, 0.717) is 24.6 Å². The Labute approximate surface area is 132 Å². The Kier molecular flexibility index (Phi) is 6.89. The zero-order valence-corrected chi connectivity index (χ0v) is 14.0. The Bertz CT molecular complexity index is 525. The molecule has 0 aromatic heterocycles. The van der Waals surface area contributed by atoms with Crippen molar-refractivity contribution in [2.45, 2.75) is 41.0 Å². The highest BCUT2D eigenvalue weighted by molar-refractivity contribution is 5.91. The molecule has 0 bridgehead atoms. The van der Waals surface area contributed by atoms with Crippen LogP contribution >= 0.6 is 0 Å². The molecule has 0 N–H and O–H groups in total. The van der Waals surface area contributed by atoms with E-state index in [1.165, 1.54) is 0 Å². The summed E-state index contributed by atoms with van der Waals surface area (Å²) in [5.74, 6) is 0.305. The Hall–Kier alpha value is -2.04. The predicted molar refractivity (Wildman–Crippen MR) is 86.3 cm³/mol. The van der Waals surface area contributed by atoms with E-state index in [9.17, 15) is 9.59 Å². The lowest BCUT2D eigenvalue weighted by Crippen LogP contribution is -2.35. The second kappa shape index (κ2) is 8.41. The summed E-state index contributed by atoms with van der Waals surface area (Å²) < 4.78 is 10.5. The topological polar surface area (TPSA) is 55.8 Å². The molecular formula is C17H25NO4. The van der Waals surface area contributed by atoms with Gasteiger partial charge in [0.15, 0.2) is 5.75 Å². The van der Waals surface area contributed by atoms with E-state index < -0.39 is 6.09 Å². The molecule has 0 fully saturated rings. The molecule has 0 radical (unpaired) electrons. The number of esters is 1. The molecular weight excluding hydrogens is 282 g/mol. The number of aryl methyl sites for hydroxylation is 1. The zero-order valence-electron chi connectivity index (χ0n) is 14.0. The largest absolute Gasteiger partial charge is 0.449 e. The average molecular weight is 307 g/mol. The molecule has 0 unspecified atom stereocenters. The number of amides is 1. The average Bonchev–Trinajstić information content (AvgIpc) is 2.45. The molecule has 1 amide bonds. The number of carbonyl (C=O) groups excluding carboxylic acids is 2. The second-order valence-electron chi connectivity index (χ2n) is 5.45. The highest BCUT2D eigenvalue weighted by Gasteiger charge is 2.24. The third kappa shape index (κ3) is 4.76. The van der Waals surface area contributed by atoms with Crippen molar-refractivity contribution in [2.24, 2.45) is 5.92 Å². The molecule has 0 atom stereocenters. The van der Waals surface area contributed by atoms with Crippen molar-refractivity contribution in [1.82, 2.24) is 0 Å². The van der Waals surface area contributed by atoms with Crippen molar-refractivity contribution in [3.05, 3.63) is 23.8 Å². The molecule has 1 rings (SSSR count). The number of para-hydroxylation sites is 1. The first-order chi connectivity index (χ1) is 10.4. The van der Waals surface area contributed by atoms with Crippen molar-refractivity contribution < 1.29 is 19.1 Å². The summed E-state index contributed by atoms with van der Waals surface area (Å²) in [5.41, 5.74) is 1.45. The molecule has 5 heteroatoms. The molecule has 0 aliphatic heterocycles. The van der Waals surface area contributed by atoms with Gasteiger partial charge < -0.3 is 9.47 Å². The molecule has 122 valence electrons. The quantitative estimate of drug-likeness (QED) is 0.590. The number of hydrogen-bond donors (Lipinski definition) is 0. The molecule has 1 aromatic rings. The molecule has 1 aromatic carbocycles. The van der Waals surface area contributed by atoms with Gasteiger partial charge in [-0.05, 0) is 31.4 Å². The van der Waals surface area contributed by atoms with Gasteiger partial charge in [0.1, 0.15) is 0 Å². The van der Waals surface area contributed by atoms with E-state index >= 15 is 0 Å². The van der Waals surface area contributed by atoms with Crippen LogP contribution < -0.4 is 9.64 Å². The third-order valence-corrected chi connectivity index (χ3v) is 3.02. The summed E-state index contributed by atoms with van der Waals surface area (Å²) in [5, 5.41) is 0. The monoisotopic (exact) mass is 307 g/mol. The number of rotatable bonds is 6. The van der Waals surface area contributed by atoms with Crippen LogP contribution in [0, 0.1) is 12.8 Å². The number of carbonyl (C=O) groups is 2. The van der Waals surface area contributed by atoms with E-state index in [1.807, 2.05) is 26.8 Å². The lowest BCUT2D eigenvalue weighted by molar-refractivity contribution is -0.133. The van der Waals surface area contributed by atoms with E-state index in [4.69, 9.17) is 9.47 Å². The van der Waals surface area contributed by atoms with Crippen LogP contribution in [0.25, 0.3) is 0 Å². The maximum atomic E-state index is 12.3. The molecule has 0 aliphatic rings. The van der Waals surface area contributed by atoms with Crippen LogP contribution in [0.1, 0.15) is 39.7 Å². The van der Waals surface area contributed by atoms with Crippen LogP contribution in [-0.2, 0) is 9.53 Å². The highest BCUT2D eigenvalue weighted by atomic mass is 16.6. The molecule has 0 aliphatic carbocycles. The summed E-state index contributed by atoms with van der Waals surface area (Å²) in [4.78, 5) is 25.5. The van der Waals surface area contributed by atoms with Crippen LogP contribution in [-0.4, -0.2) is 25.2 Å². The molecule has 5 nitrogen and oxygen atoms in total. The minimum absolute atomic E-state index is 0.249. The molecule has 0 saturated heterocycles. The van der Waals surface area contributed by atoms with Gasteiger partial charge in [-0.25, -0.2) is 4.79 Å². The van der Waals surface area contributed by atoms with Gasteiger partial charge in [0.25, 0.3) is 0 Å². The fraction of sp³-hybridized carbons (Fsp3) is 0.529. The standard InChI is InChI=1S/C17H25NO4/c1-6-15(19)22-14-10-8-9-13(5)16(14)18(11-12(3)4)17(20)21-7-2/h8-10,12H,6-7,11H2,1-5H3. The van der Waals surface area contributed by atoms with E-state index in [1.54, 1.807) is 30.9 Å². The van der Waals surface area contributed by atoms with Gasteiger partial charge in [-0.3, -0.25) is 9.69 Å². The second-order valence-corrected chi connectivity index (χ2v) is 5.45. The fourth-order valence-corrected chi connectivity index (χ4v) is 2.08. The highest BCUT2D eigenvalue weighted by Crippen LogP contribution is 2.33. The van der Waals surface area contributed by atoms with Crippen molar-refractivity contribution in [3.8, 4) is 5.75 Å². The van der Waals surface area contributed by atoms with Gasteiger partial charge in [-0.2, -0.15) is 0 Å². The van der Waals surface area contributed by atoms with Gasteiger partial charge >= 0.3 is 12.1 Å². The van der Waals surface area contributed by atoms with E-state index in [-0.39, 0.29) is 18.3 Å². The lowest BCUT2D eigenvalue weighted by Gasteiger charge is -2.27. The predicted octanol–water partition coefficient (Wildman–Crippen LogP) is 3.93. The van der Waals surface area contributed by atoms with Gasteiger partial charge in [0, 0.05) is 13.0 Å². The van der Waals surface area contributed by atoms with Crippen LogP contribution in [0.3, 0.4) is 0 Å². The minimum atomic E-state index is -0.431. The number of nitrogens with zero attached hydrogens (tertiary/aromatic N) is 1. The minimum Gasteiger partial charge on any atom is -0.449 e. The maximum absolute atomic E-state index is 12.3. The zero-order chi connectivity index (χ0) is 16.7. The Morgan fingerprint density at radius 2 is 1.91 bits per heavy atom.